The molecule has 0 spiro atoms. The predicted molar refractivity (Wildman–Crippen MR) is 108 cm³/mol. The van der Waals surface area contributed by atoms with Crippen molar-refractivity contribution >= 4 is 29.0 Å². The smallest absolute Gasteiger partial charge is 0.311 e. The number of amides is 1. The number of thioether (sulfide) groups is 1. The summed E-state index contributed by atoms with van der Waals surface area (Å²) >= 11 is 1.40. The van der Waals surface area contributed by atoms with E-state index in [-0.39, 0.29) is 23.1 Å². The van der Waals surface area contributed by atoms with Gasteiger partial charge in [0.05, 0.1) is 17.8 Å². The van der Waals surface area contributed by atoms with E-state index in [0.29, 0.717) is 5.75 Å². The van der Waals surface area contributed by atoms with Crippen LogP contribution in [-0.2, 0) is 17.1 Å². The van der Waals surface area contributed by atoms with Crippen LogP contribution in [0.15, 0.2) is 42.5 Å². The Balaban J connectivity index is 1.86. The van der Waals surface area contributed by atoms with Gasteiger partial charge in [-0.15, -0.1) is 11.8 Å². The maximum absolute atomic E-state index is 12.1. The second-order valence-electron chi connectivity index (χ2n) is 5.78. The zero-order chi connectivity index (χ0) is 19.6. The molecule has 2 aromatic rings. The highest BCUT2D eigenvalue weighted by Crippen LogP contribution is 2.29. The minimum absolute atomic E-state index is 0.0717. The van der Waals surface area contributed by atoms with Gasteiger partial charge < -0.3 is 15.4 Å². The average molecular weight is 389 g/mol. The molecule has 0 heterocycles. The number of benzene rings is 2. The lowest BCUT2D eigenvalue weighted by molar-refractivity contribution is -0.385. The van der Waals surface area contributed by atoms with E-state index >= 15 is 0 Å². The third-order valence-electron chi connectivity index (χ3n) is 3.73. The molecule has 8 heteroatoms. The van der Waals surface area contributed by atoms with E-state index in [1.165, 1.54) is 24.9 Å². The third kappa shape index (κ3) is 6.58. The van der Waals surface area contributed by atoms with E-state index < -0.39 is 4.92 Å². The highest BCUT2D eigenvalue weighted by molar-refractivity contribution is 7.99. The number of rotatable bonds is 10. The van der Waals surface area contributed by atoms with Crippen LogP contribution in [0.25, 0.3) is 0 Å². The fraction of sp³-hybridized carbons (Fsp3) is 0.316. The van der Waals surface area contributed by atoms with Crippen molar-refractivity contribution in [3.8, 4) is 5.75 Å². The zero-order valence-corrected chi connectivity index (χ0v) is 16.2. The molecule has 2 N–H and O–H groups in total. The van der Waals surface area contributed by atoms with Crippen LogP contribution in [0.4, 0.5) is 11.4 Å². The number of hydrogen-bond acceptors (Lipinski definition) is 6. The van der Waals surface area contributed by atoms with Gasteiger partial charge in [-0.2, -0.15) is 0 Å². The fourth-order valence-electron chi connectivity index (χ4n) is 2.46. The van der Waals surface area contributed by atoms with Crippen molar-refractivity contribution in [1.29, 1.82) is 0 Å². The normalized spacial score (nSPS) is 10.4. The van der Waals surface area contributed by atoms with Crippen molar-refractivity contribution in [2.75, 3.05) is 24.7 Å². The Morgan fingerprint density at radius 2 is 2.04 bits per heavy atom. The minimum Gasteiger partial charge on any atom is -0.490 e. The lowest BCUT2D eigenvalue weighted by Crippen LogP contribution is -2.15. The molecular formula is C19H23N3O4S. The number of anilines is 1. The van der Waals surface area contributed by atoms with Crippen molar-refractivity contribution in [1.82, 2.24) is 5.32 Å². The summed E-state index contributed by atoms with van der Waals surface area (Å²) in [6, 6.07) is 12.5. The second-order valence-corrected chi connectivity index (χ2v) is 6.77. The number of nitro groups is 1. The quantitative estimate of drug-likeness (QED) is 0.476. The van der Waals surface area contributed by atoms with Crippen LogP contribution in [-0.4, -0.2) is 30.2 Å². The molecule has 2 rings (SSSR count). The Morgan fingerprint density at radius 1 is 1.22 bits per heavy atom. The summed E-state index contributed by atoms with van der Waals surface area (Å²) in [6.07, 6.45) is 0. The highest BCUT2D eigenvalue weighted by Gasteiger charge is 2.15. The van der Waals surface area contributed by atoms with Gasteiger partial charge in [0.15, 0.2) is 5.75 Å². The summed E-state index contributed by atoms with van der Waals surface area (Å²) in [7, 11) is 1.40. The summed E-state index contributed by atoms with van der Waals surface area (Å²) in [4.78, 5) is 22.7. The number of hydrogen-bond donors (Lipinski definition) is 2. The minimum atomic E-state index is -0.472. The van der Waals surface area contributed by atoms with E-state index in [4.69, 9.17) is 4.74 Å². The molecule has 0 unspecified atom stereocenters. The first-order valence-corrected chi connectivity index (χ1v) is 9.67. The fourth-order valence-corrected chi connectivity index (χ4v) is 3.23. The first-order chi connectivity index (χ1) is 13.0. The van der Waals surface area contributed by atoms with Gasteiger partial charge in [-0.1, -0.05) is 25.1 Å². The number of carbonyl (C=O) groups is 1. The van der Waals surface area contributed by atoms with Crippen LogP contribution in [0.5, 0.6) is 5.75 Å². The predicted octanol–water partition coefficient (Wildman–Crippen LogP) is 3.58. The molecule has 7 nitrogen and oxygen atoms in total. The number of methoxy groups -OCH3 is 1. The lowest BCUT2D eigenvalue weighted by Gasteiger charge is -2.08. The molecular weight excluding hydrogens is 366 g/mol. The summed E-state index contributed by atoms with van der Waals surface area (Å²) in [5.41, 5.74) is 2.56. The van der Waals surface area contributed by atoms with Crippen molar-refractivity contribution < 1.29 is 14.5 Å². The molecule has 27 heavy (non-hydrogen) atoms. The molecule has 0 atom stereocenters. The molecule has 0 aliphatic carbocycles. The molecule has 0 aromatic heterocycles. The Kier molecular flexibility index (Phi) is 8.09. The van der Waals surface area contributed by atoms with Crippen molar-refractivity contribution in [2.24, 2.45) is 0 Å². The first kappa shape index (κ1) is 20.7. The molecule has 144 valence electrons. The highest BCUT2D eigenvalue weighted by atomic mass is 32.2. The number of carbonyl (C=O) groups excluding carboxylic acids is 1. The van der Waals surface area contributed by atoms with Crippen LogP contribution in [0, 0.1) is 10.1 Å². The van der Waals surface area contributed by atoms with Crippen LogP contribution >= 0.6 is 11.8 Å². The van der Waals surface area contributed by atoms with Gasteiger partial charge >= 0.3 is 5.69 Å². The largest absolute Gasteiger partial charge is 0.490 e. The van der Waals surface area contributed by atoms with Gasteiger partial charge in [-0.05, 0) is 35.9 Å². The van der Waals surface area contributed by atoms with Crippen molar-refractivity contribution in [2.45, 2.75) is 19.2 Å². The molecule has 0 aliphatic heterocycles. The van der Waals surface area contributed by atoms with Crippen molar-refractivity contribution in [3.05, 3.63) is 63.7 Å². The Labute approximate surface area is 162 Å². The van der Waals surface area contributed by atoms with Gasteiger partial charge in [0, 0.05) is 24.1 Å². The molecule has 0 saturated heterocycles. The molecule has 0 fully saturated rings. The summed E-state index contributed by atoms with van der Waals surface area (Å²) in [5, 5.41) is 17.2. The van der Waals surface area contributed by atoms with Gasteiger partial charge in [-0.3, -0.25) is 14.9 Å². The monoisotopic (exact) mass is 389 g/mol. The Bertz CT molecular complexity index is 798. The van der Waals surface area contributed by atoms with E-state index in [0.717, 1.165) is 29.9 Å². The lowest BCUT2D eigenvalue weighted by atomic mass is 10.2. The SMILES string of the molecule is CCNCc1cccc(NC(=O)CSCc2ccc(OC)c([N+](=O)[O-])c2)c1. The van der Waals surface area contributed by atoms with E-state index in [2.05, 4.69) is 10.6 Å². The molecule has 0 bridgehead atoms. The number of nitro benzene ring substituents is 1. The Hall–Kier alpha value is -2.58. The molecule has 0 radical (unpaired) electrons. The van der Waals surface area contributed by atoms with Gasteiger partial charge in [0.25, 0.3) is 0 Å². The van der Waals surface area contributed by atoms with E-state index in [1.54, 1.807) is 12.1 Å². The summed E-state index contributed by atoms with van der Waals surface area (Å²) in [6.45, 7) is 3.68. The number of nitrogens with one attached hydrogen (secondary N) is 2. The van der Waals surface area contributed by atoms with Gasteiger partial charge in [0.2, 0.25) is 5.91 Å². The number of nitrogens with zero attached hydrogens (tertiary/aromatic N) is 1. The van der Waals surface area contributed by atoms with Crippen LogP contribution in [0.2, 0.25) is 0 Å². The summed E-state index contributed by atoms with van der Waals surface area (Å²) < 4.78 is 4.99. The van der Waals surface area contributed by atoms with E-state index in [1.807, 2.05) is 31.2 Å². The van der Waals surface area contributed by atoms with Crippen molar-refractivity contribution in [3.63, 3.8) is 0 Å². The van der Waals surface area contributed by atoms with Crippen LogP contribution in [0.1, 0.15) is 18.1 Å². The maximum Gasteiger partial charge on any atom is 0.311 e. The molecule has 0 saturated carbocycles. The topological polar surface area (TPSA) is 93.5 Å². The molecule has 1 amide bonds. The zero-order valence-electron chi connectivity index (χ0n) is 15.4. The van der Waals surface area contributed by atoms with Gasteiger partial charge in [-0.25, -0.2) is 0 Å². The first-order valence-electron chi connectivity index (χ1n) is 8.52. The van der Waals surface area contributed by atoms with Gasteiger partial charge in [0.1, 0.15) is 0 Å². The maximum atomic E-state index is 12.1. The third-order valence-corrected chi connectivity index (χ3v) is 4.74. The van der Waals surface area contributed by atoms with Crippen LogP contribution < -0.4 is 15.4 Å². The molecule has 2 aromatic carbocycles. The second kappa shape index (κ2) is 10.5. The molecule has 0 aliphatic rings. The summed E-state index contributed by atoms with van der Waals surface area (Å²) in [5.74, 6) is 0.878. The Morgan fingerprint density at radius 3 is 2.74 bits per heavy atom. The van der Waals surface area contributed by atoms with Crippen LogP contribution in [0.3, 0.4) is 0 Å². The van der Waals surface area contributed by atoms with E-state index in [9.17, 15) is 14.9 Å². The number of ether oxygens (including phenoxy) is 1. The average Bonchev–Trinajstić information content (AvgIpc) is 2.66. The standard InChI is InChI=1S/C19H23N3O4S/c1-3-20-11-14-5-4-6-16(9-14)21-19(23)13-27-12-15-7-8-18(26-2)17(10-15)22(24)25/h4-10,20H,3,11-13H2,1-2H3,(H,21,23).